The molecule has 0 radical (unpaired) electrons. The second-order valence-electron chi connectivity index (χ2n) is 6.56. The van der Waals surface area contributed by atoms with Crippen LogP contribution in [0.4, 0.5) is 0 Å². The van der Waals surface area contributed by atoms with E-state index in [1.165, 1.54) is 10.5 Å². The van der Waals surface area contributed by atoms with Crippen LogP contribution >= 0.6 is 0 Å². The number of hydrogen-bond acceptors (Lipinski definition) is 4. The molecular weight excluding hydrogens is 304 g/mol. The van der Waals surface area contributed by atoms with Crippen LogP contribution in [0.2, 0.25) is 0 Å². The zero-order valence-corrected chi connectivity index (χ0v) is 13.7. The maximum atomic E-state index is 12.4. The molecule has 0 N–H and O–H groups in total. The van der Waals surface area contributed by atoms with Crippen molar-refractivity contribution in [3.63, 3.8) is 0 Å². The lowest BCUT2D eigenvalue weighted by molar-refractivity contribution is -0.158. The Bertz CT molecular complexity index is 806. The number of hydrogen-bond donors (Lipinski definition) is 0. The van der Waals surface area contributed by atoms with Crippen molar-refractivity contribution in [2.45, 2.75) is 12.6 Å². The molecule has 0 bridgehead atoms. The predicted molar refractivity (Wildman–Crippen MR) is 90.2 cm³/mol. The van der Waals surface area contributed by atoms with Crippen molar-refractivity contribution in [3.05, 3.63) is 42.1 Å². The number of fused-ring (bicyclic) bond motifs is 2. The highest BCUT2D eigenvalue weighted by atomic mass is 16.2. The maximum Gasteiger partial charge on any atom is 0.246 e. The van der Waals surface area contributed by atoms with Gasteiger partial charge < -0.3 is 9.80 Å². The Labute approximate surface area is 140 Å². The Morgan fingerprint density at radius 1 is 1.21 bits per heavy atom. The normalized spacial score (nSPS) is 22.1. The summed E-state index contributed by atoms with van der Waals surface area (Å²) in [5, 5.41) is 1.12. The minimum atomic E-state index is -0.341. The van der Waals surface area contributed by atoms with E-state index < -0.39 is 0 Å². The highest BCUT2D eigenvalue weighted by molar-refractivity contribution is 5.95. The molecule has 4 rings (SSSR count). The molecule has 0 aliphatic carbocycles. The van der Waals surface area contributed by atoms with Gasteiger partial charge in [-0.25, -0.2) is 0 Å². The van der Waals surface area contributed by atoms with Crippen LogP contribution in [0, 0.1) is 0 Å². The third-order valence-corrected chi connectivity index (χ3v) is 4.89. The largest absolute Gasteiger partial charge is 0.335 e. The summed E-state index contributed by atoms with van der Waals surface area (Å²) in [6.45, 7) is 3.00. The van der Waals surface area contributed by atoms with Crippen LogP contribution in [0.3, 0.4) is 0 Å². The van der Waals surface area contributed by atoms with Crippen molar-refractivity contribution in [1.82, 2.24) is 19.7 Å². The van der Waals surface area contributed by atoms with Gasteiger partial charge in [0.15, 0.2) is 0 Å². The number of piperazine rings is 2. The Morgan fingerprint density at radius 3 is 2.96 bits per heavy atom. The molecule has 0 spiro atoms. The van der Waals surface area contributed by atoms with E-state index in [2.05, 4.69) is 28.1 Å². The minimum absolute atomic E-state index is 0.0435. The average Bonchev–Trinajstić information content (AvgIpc) is 2.59. The second kappa shape index (κ2) is 5.87. The number of rotatable bonds is 2. The van der Waals surface area contributed by atoms with Crippen molar-refractivity contribution in [3.8, 4) is 0 Å². The third kappa shape index (κ3) is 2.63. The molecule has 3 heterocycles. The maximum absolute atomic E-state index is 12.4. The molecule has 2 saturated heterocycles. The van der Waals surface area contributed by atoms with Gasteiger partial charge in [0.1, 0.15) is 6.04 Å². The molecule has 1 aromatic heterocycles. The molecule has 2 amide bonds. The quantitative estimate of drug-likeness (QED) is 0.817. The number of likely N-dealkylation sites (N-methyl/N-ethyl adjacent to an activating group) is 1. The number of aromatic nitrogens is 1. The molecule has 0 saturated carbocycles. The summed E-state index contributed by atoms with van der Waals surface area (Å²) in [6, 6.07) is 9.92. The van der Waals surface area contributed by atoms with E-state index in [4.69, 9.17) is 0 Å². The van der Waals surface area contributed by atoms with Gasteiger partial charge in [-0.15, -0.1) is 0 Å². The summed E-state index contributed by atoms with van der Waals surface area (Å²) < 4.78 is 0. The molecule has 2 aromatic rings. The highest BCUT2D eigenvalue weighted by Gasteiger charge is 2.41. The smallest absolute Gasteiger partial charge is 0.246 e. The van der Waals surface area contributed by atoms with Crippen LogP contribution in [-0.4, -0.2) is 70.8 Å². The molecule has 6 nitrogen and oxygen atoms in total. The lowest BCUT2D eigenvalue weighted by Crippen LogP contribution is -2.65. The van der Waals surface area contributed by atoms with Crippen molar-refractivity contribution in [2.75, 3.05) is 33.2 Å². The van der Waals surface area contributed by atoms with Crippen LogP contribution < -0.4 is 0 Å². The first-order valence-electron chi connectivity index (χ1n) is 8.22. The summed E-state index contributed by atoms with van der Waals surface area (Å²) in [5.41, 5.74) is 2.19. The van der Waals surface area contributed by atoms with Crippen molar-refractivity contribution >= 4 is 22.7 Å². The molecule has 2 aliphatic heterocycles. The standard InChI is InChI=1S/C18H20N4O2/c1-20-12-17(23)22-8-7-21(11-16(22)18(20)24)10-13-4-5-15-14(9-13)3-2-6-19-15/h2-6,9,16H,7-8,10-12H2,1H3/t16-/m1/s1. The summed E-state index contributed by atoms with van der Waals surface area (Å²) in [4.78, 5) is 34.3. The van der Waals surface area contributed by atoms with Crippen molar-refractivity contribution in [1.29, 1.82) is 0 Å². The SMILES string of the molecule is CN1CC(=O)N2CCN(Cc3ccc4ncccc4c3)C[C@@H]2C1=O. The van der Waals surface area contributed by atoms with Crippen LogP contribution in [0.25, 0.3) is 10.9 Å². The van der Waals surface area contributed by atoms with E-state index in [1.54, 1.807) is 18.1 Å². The van der Waals surface area contributed by atoms with Gasteiger partial charge in [0.2, 0.25) is 11.8 Å². The van der Waals surface area contributed by atoms with E-state index in [0.29, 0.717) is 13.1 Å². The Hall–Kier alpha value is -2.47. The topological polar surface area (TPSA) is 56.8 Å². The van der Waals surface area contributed by atoms with Gasteiger partial charge in [-0.05, 0) is 23.8 Å². The zero-order valence-electron chi connectivity index (χ0n) is 13.7. The summed E-state index contributed by atoms with van der Waals surface area (Å²) in [6.07, 6.45) is 1.80. The number of benzene rings is 1. The van der Waals surface area contributed by atoms with Gasteiger partial charge in [-0.1, -0.05) is 12.1 Å². The number of pyridine rings is 1. The van der Waals surface area contributed by atoms with E-state index in [-0.39, 0.29) is 24.4 Å². The van der Waals surface area contributed by atoms with Gasteiger partial charge in [-0.3, -0.25) is 19.5 Å². The van der Waals surface area contributed by atoms with E-state index >= 15 is 0 Å². The molecule has 0 unspecified atom stereocenters. The summed E-state index contributed by atoms with van der Waals surface area (Å²) in [5.74, 6) is 0.0977. The van der Waals surface area contributed by atoms with E-state index in [0.717, 1.165) is 24.0 Å². The number of carbonyl (C=O) groups is 2. The highest BCUT2D eigenvalue weighted by Crippen LogP contribution is 2.20. The van der Waals surface area contributed by atoms with Crippen molar-refractivity contribution in [2.24, 2.45) is 0 Å². The van der Waals surface area contributed by atoms with Crippen LogP contribution in [-0.2, 0) is 16.1 Å². The van der Waals surface area contributed by atoms with Crippen LogP contribution in [0.15, 0.2) is 36.5 Å². The fraction of sp³-hybridized carbons (Fsp3) is 0.389. The first kappa shape index (κ1) is 15.1. The molecule has 6 heteroatoms. The monoisotopic (exact) mass is 324 g/mol. The van der Waals surface area contributed by atoms with Crippen LogP contribution in [0.5, 0.6) is 0 Å². The molecule has 124 valence electrons. The lowest BCUT2D eigenvalue weighted by Gasteiger charge is -2.45. The van der Waals surface area contributed by atoms with Gasteiger partial charge in [0.05, 0.1) is 12.1 Å². The first-order valence-corrected chi connectivity index (χ1v) is 8.22. The molecule has 2 aliphatic rings. The van der Waals surface area contributed by atoms with Gasteiger partial charge in [0, 0.05) is 44.8 Å². The number of carbonyl (C=O) groups excluding carboxylic acids is 2. The first-order chi connectivity index (χ1) is 11.6. The van der Waals surface area contributed by atoms with E-state index in [1.807, 2.05) is 12.1 Å². The zero-order chi connectivity index (χ0) is 16.7. The molecule has 1 aromatic carbocycles. The molecular formula is C18H20N4O2. The lowest BCUT2D eigenvalue weighted by atomic mass is 10.1. The van der Waals surface area contributed by atoms with Gasteiger partial charge >= 0.3 is 0 Å². The fourth-order valence-electron chi connectivity index (χ4n) is 3.60. The molecule has 1 atom stereocenters. The fourth-order valence-corrected chi connectivity index (χ4v) is 3.60. The molecule has 2 fully saturated rings. The summed E-state index contributed by atoms with van der Waals surface area (Å²) >= 11 is 0. The van der Waals surface area contributed by atoms with Gasteiger partial charge in [0.25, 0.3) is 0 Å². The van der Waals surface area contributed by atoms with E-state index in [9.17, 15) is 9.59 Å². The van der Waals surface area contributed by atoms with Crippen LogP contribution in [0.1, 0.15) is 5.56 Å². The molecule has 24 heavy (non-hydrogen) atoms. The Balaban J connectivity index is 1.51. The Kier molecular flexibility index (Phi) is 3.69. The predicted octanol–water partition coefficient (Wildman–Crippen LogP) is 0.720. The second-order valence-corrected chi connectivity index (χ2v) is 6.56. The Morgan fingerprint density at radius 2 is 2.08 bits per heavy atom. The van der Waals surface area contributed by atoms with Gasteiger partial charge in [-0.2, -0.15) is 0 Å². The summed E-state index contributed by atoms with van der Waals surface area (Å²) in [7, 11) is 1.70. The number of nitrogens with zero attached hydrogens (tertiary/aromatic N) is 4. The minimum Gasteiger partial charge on any atom is -0.335 e. The third-order valence-electron chi connectivity index (χ3n) is 4.89. The average molecular weight is 324 g/mol. The number of amides is 2. The van der Waals surface area contributed by atoms with Crippen molar-refractivity contribution < 1.29 is 9.59 Å².